The van der Waals surface area contributed by atoms with Gasteiger partial charge in [-0.25, -0.2) is 13.1 Å². The normalized spacial score (nSPS) is 17.3. The number of piperidine rings is 1. The maximum Gasteiger partial charge on any atom is 0.225 e. The minimum Gasteiger partial charge on any atom is -0.355 e. The van der Waals surface area contributed by atoms with Crippen LogP contribution in [-0.2, 0) is 14.8 Å². The van der Waals surface area contributed by atoms with E-state index in [1.165, 1.54) is 0 Å². The number of likely N-dealkylation sites (tertiary alicyclic amines) is 1. The Hall–Kier alpha value is -1.35. The van der Waals surface area contributed by atoms with Gasteiger partial charge in [0.2, 0.25) is 15.9 Å². The molecule has 0 bridgehead atoms. The Kier molecular flexibility index (Phi) is 9.01. The van der Waals surface area contributed by atoms with E-state index in [4.69, 9.17) is 0 Å². The highest BCUT2D eigenvalue weighted by molar-refractivity contribution is 7.88. The van der Waals surface area contributed by atoms with Crippen LogP contribution in [0.1, 0.15) is 53.4 Å². The average molecular weight is 404 g/mol. The van der Waals surface area contributed by atoms with Gasteiger partial charge < -0.3 is 15.5 Å². The second-order valence-corrected chi connectivity index (χ2v) is 9.69. The molecule has 0 spiro atoms. The molecule has 0 aliphatic carbocycles. The van der Waals surface area contributed by atoms with Crippen LogP contribution < -0.4 is 15.4 Å². The molecule has 0 aromatic rings. The largest absolute Gasteiger partial charge is 0.355 e. The number of carbonyl (C=O) groups is 1. The molecule has 0 aromatic carbocycles. The first kappa shape index (κ1) is 23.7. The van der Waals surface area contributed by atoms with Crippen LogP contribution >= 0.6 is 0 Å². The third kappa shape index (κ3) is 8.47. The minimum atomic E-state index is -3.28. The maximum absolute atomic E-state index is 12.5. The first-order valence-electron chi connectivity index (χ1n) is 9.76. The zero-order chi connectivity index (χ0) is 20.7. The SMILES string of the molecule is CCC(CC)C(=O)N1CCC(NC(=NC)NCC(C)(C)NS(C)(=O)=O)CC1. The molecule has 1 fully saturated rings. The molecule has 1 aliphatic heterocycles. The fourth-order valence-electron chi connectivity index (χ4n) is 3.37. The number of nitrogens with one attached hydrogen (secondary N) is 3. The van der Waals surface area contributed by atoms with Crippen LogP contribution in [-0.4, -0.2) is 69.7 Å². The molecule has 8 nitrogen and oxygen atoms in total. The van der Waals surface area contributed by atoms with E-state index in [9.17, 15) is 13.2 Å². The predicted octanol–water partition coefficient (Wildman–Crippen LogP) is 0.906. The molecule has 3 N–H and O–H groups in total. The molecule has 0 atom stereocenters. The van der Waals surface area contributed by atoms with Gasteiger partial charge >= 0.3 is 0 Å². The summed E-state index contributed by atoms with van der Waals surface area (Å²) in [6, 6.07) is 0.243. The van der Waals surface area contributed by atoms with Crippen LogP contribution in [0.15, 0.2) is 4.99 Å². The molecule has 1 rings (SSSR count). The number of amides is 1. The van der Waals surface area contributed by atoms with E-state index in [-0.39, 0.29) is 17.9 Å². The second kappa shape index (κ2) is 10.3. The van der Waals surface area contributed by atoms with Gasteiger partial charge in [-0.1, -0.05) is 13.8 Å². The highest BCUT2D eigenvalue weighted by atomic mass is 32.2. The molecular weight excluding hydrogens is 366 g/mol. The van der Waals surface area contributed by atoms with Crippen LogP contribution in [0.2, 0.25) is 0 Å². The molecule has 27 heavy (non-hydrogen) atoms. The van der Waals surface area contributed by atoms with Crippen molar-refractivity contribution in [3.8, 4) is 0 Å². The molecule has 1 saturated heterocycles. The molecule has 0 saturated carbocycles. The molecule has 0 radical (unpaired) electrons. The van der Waals surface area contributed by atoms with Crippen molar-refractivity contribution in [3.05, 3.63) is 0 Å². The predicted molar refractivity (Wildman–Crippen MR) is 110 cm³/mol. The molecule has 9 heteroatoms. The van der Waals surface area contributed by atoms with Gasteiger partial charge in [-0.3, -0.25) is 9.79 Å². The van der Waals surface area contributed by atoms with Crippen LogP contribution in [0.4, 0.5) is 0 Å². The summed E-state index contributed by atoms with van der Waals surface area (Å²) in [5, 5.41) is 6.56. The monoisotopic (exact) mass is 403 g/mol. The van der Waals surface area contributed by atoms with E-state index >= 15 is 0 Å². The summed E-state index contributed by atoms with van der Waals surface area (Å²) in [7, 11) is -1.58. The van der Waals surface area contributed by atoms with Crippen molar-refractivity contribution in [2.75, 3.05) is 32.9 Å². The van der Waals surface area contributed by atoms with E-state index < -0.39 is 15.6 Å². The van der Waals surface area contributed by atoms with Gasteiger partial charge in [0.25, 0.3) is 0 Å². The van der Waals surface area contributed by atoms with Crippen LogP contribution in [0.3, 0.4) is 0 Å². The van der Waals surface area contributed by atoms with E-state index in [2.05, 4.69) is 34.2 Å². The Labute approximate surface area is 164 Å². The number of sulfonamides is 1. The number of guanidine groups is 1. The minimum absolute atomic E-state index is 0.133. The fraction of sp³-hybridized carbons (Fsp3) is 0.889. The summed E-state index contributed by atoms with van der Waals surface area (Å²) in [6.07, 6.45) is 4.68. The molecule has 1 heterocycles. The quantitative estimate of drug-likeness (QED) is 0.413. The Morgan fingerprint density at radius 3 is 2.22 bits per heavy atom. The molecule has 1 amide bonds. The Balaban J connectivity index is 2.49. The van der Waals surface area contributed by atoms with Crippen molar-refractivity contribution in [1.29, 1.82) is 0 Å². The van der Waals surface area contributed by atoms with Crippen molar-refractivity contribution in [3.63, 3.8) is 0 Å². The van der Waals surface area contributed by atoms with Crippen molar-refractivity contribution in [2.24, 2.45) is 10.9 Å². The van der Waals surface area contributed by atoms with Gasteiger partial charge in [-0.2, -0.15) is 0 Å². The first-order valence-corrected chi connectivity index (χ1v) is 11.6. The van der Waals surface area contributed by atoms with E-state index in [1.807, 2.05) is 18.7 Å². The Bertz CT molecular complexity index is 606. The van der Waals surface area contributed by atoms with Gasteiger partial charge in [0, 0.05) is 44.2 Å². The zero-order valence-electron chi connectivity index (χ0n) is 17.6. The third-order valence-corrected chi connectivity index (χ3v) is 5.79. The Morgan fingerprint density at radius 1 is 1.22 bits per heavy atom. The molecule has 1 aliphatic rings. The smallest absolute Gasteiger partial charge is 0.225 e. The van der Waals surface area contributed by atoms with Crippen molar-refractivity contribution in [1.82, 2.24) is 20.3 Å². The topological polar surface area (TPSA) is 103 Å². The summed E-state index contributed by atoms with van der Waals surface area (Å²) in [5.74, 6) is 1.05. The molecule has 0 unspecified atom stereocenters. The standard InChI is InChI=1S/C18H37N5O3S/c1-7-14(8-2)16(24)23-11-9-15(10-12-23)21-17(19-5)20-13-18(3,4)22-27(6,25)26/h14-15,22H,7-13H2,1-6H3,(H2,19,20,21). The van der Waals surface area contributed by atoms with Crippen LogP contribution in [0, 0.1) is 5.92 Å². The lowest BCUT2D eigenvalue weighted by atomic mass is 9.98. The summed E-state index contributed by atoms with van der Waals surface area (Å²) in [4.78, 5) is 18.7. The molecule has 158 valence electrons. The van der Waals surface area contributed by atoms with Gasteiger partial charge in [0.05, 0.1) is 6.26 Å². The molecular formula is C18H37N5O3S. The highest BCUT2D eigenvalue weighted by Crippen LogP contribution is 2.17. The lowest BCUT2D eigenvalue weighted by Gasteiger charge is -2.35. The maximum atomic E-state index is 12.5. The number of hydrogen-bond acceptors (Lipinski definition) is 4. The van der Waals surface area contributed by atoms with E-state index in [1.54, 1.807) is 7.05 Å². The Morgan fingerprint density at radius 2 is 1.78 bits per heavy atom. The van der Waals surface area contributed by atoms with Crippen molar-refractivity contribution in [2.45, 2.75) is 65.0 Å². The van der Waals surface area contributed by atoms with Gasteiger partial charge in [0.15, 0.2) is 5.96 Å². The zero-order valence-corrected chi connectivity index (χ0v) is 18.4. The highest BCUT2D eigenvalue weighted by Gasteiger charge is 2.27. The molecule has 0 aromatic heterocycles. The number of carbonyl (C=O) groups excluding carboxylic acids is 1. The number of aliphatic imine (C=N–C) groups is 1. The first-order chi connectivity index (χ1) is 12.5. The summed E-state index contributed by atoms with van der Waals surface area (Å²) < 4.78 is 25.5. The van der Waals surface area contributed by atoms with Gasteiger partial charge in [-0.05, 0) is 39.5 Å². The summed E-state index contributed by atoms with van der Waals surface area (Å²) in [6.45, 7) is 9.68. The number of hydrogen-bond donors (Lipinski definition) is 3. The fourth-order valence-corrected chi connectivity index (χ4v) is 4.45. The van der Waals surface area contributed by atoms with E-state index in [0.717, 1.165) is 45.0 Å². The summed E-state index contributed by atoms with van der Waals surface area (Å²) in [5.41, 5.74) is -0.629. The van der Waals surface area contributed by atoms with E-state index in [0.29, 0.717) is 12.5 Å². The number of rotatable bonds is 8. The lowest BCUT2D eigenvalue weighted by Crippen LogP contribution is -2.55. The van der Waals surface area contributed by atoms with Crippen LogP contribution in [0.25, 0.3) is 0 Å². The van der Waals surface area contributed by atoms with Crippen molar-refractivity contribution < 1.29 is 13.2 Å². The number of nitrogens with zero attached hydrogens (tertiary/aromatic N) is 2. The second-order valence-electron chi connectivity index (χ2n) is 7.94. The van der Waals surface area contributed by atoms with Gasteiger partial charge in [0.1, 0.15) is 0 Å². The lowest BCUT2D eigenvalue weighted by molar-refractivity contribution is -0.136. The van der Waals surface area contributed by atoms with Gasteiger partial charge in [-0.15, -0.1) is 0 Å². The summed E-state index contributed by atoms with van der Waals surface area (Å²) >= 11 is 0. The average Bonchev–Trinajstić information content (AvgIpc) is 2.58. The third-order valence-electron chi connectivity index (χ3n) is 4.87. The van der Waals surface area contributed by atoms with Crippen LogP contribution in [0.5, 0.6) is 0 Å². The van der Waals surface area contributed by atoms with Crippen molar-refractivity contribution >= 4 is 21.9 Å².